The quantitative estimate of drug-likeness (QED) is 0.500. The van der Waals surface area contributed by atoms with Crippen LogP contribution < -0.4 is 10.4 Å². The fourth-order valence-corrected chi connectivity index (χ4v) is 3.57. The van der Waals surface area contributed by atoms with E-state index in [9.17, 15) is 9.90 Å². The van der Waals surface area contributed by atoms with Gasteiger partial charge in [0.1, 0.15) is 12.4 Å². The van der Waals surface area contributed by atoms with Crippen LogP contribution in [0.3, 0.4) is 0 Å². The zero-order chi connectivity index (χ0) is 21.3. The minimum absolute atomic E-state index is 0.0243. The van der Waals surface area contributed by atoms with Crippen LogP contribution in [0.25, 0.3) is 0 Å². The van der Waals surface area contributed by atoms with Gasteiger partial charge in [-0.25, -0.2) is 4.79 Å². The Labute approximate surface area is 176 Å². The van der Waals surface area contributed by atoms with Crippen LogP contribution in [0.2, 0.25) is 0 Å². The standard InChI is InChI=1S/C23H30O7/c1-26-12-14-28-11-10-18-21(24)20(22(25)30-23(18)29-15-13-27-2)19(17-8-9-17)16-6-4-3-5-7-16/h3-7,17,19,24H,8-15H2,1-2H3. The molecule has 2 aromatic rings. The highest BCUT2D eigenvalue weighted by Crippen LogP contribution is 2.48. The second-order valence-electron chi connectivity index (χ2n) is 7.34. The maximum absolute atomic E-state index is 12.9. The summed E-state index contributed by atoms with van der Waals surface area (Å²) in [5, 5.41) is 11.2. The lowest BCUT2D eigenvalue weighted by atomic mass is 9.86. The zero-order valence-electron chi connectivity index (χ0n) is 17.6. The second-order valence-corrected chi connectivity index (χ2v) is 7.34. The zero-order valence-corrected chi connectivity index (χ0v) is 17.6. The third-order valence-electron chi connectivity index (χ3n) is 5.20. The van der Waals surface area contributed by atoms with Crippen molar-refractivity contribution in [3.8, 4) is 11.7 Å². The number of aromatic hydroxyl groups is 1. The molecule has 7 nitrogen and oxygen atoms in total. The molecule has 1 N–H and O–H groups in total. The van der Waals surface area contributed by atoms with Crippen LogP contribution in [0.4, 0.5) is 0 Å². The molecule has 164 valence electrons. The molecular weight excluding hydrogens is 388 g/mol. The van der Waals surface area contributed by atoms with Crippen molar-refractivity contribution in [2.75, 3.05) is 47.3 Å². The number of ether oxygens (including phenoxy) is 4. The lowest BCUT2D eigenvalue weighted by Crippen LogP contribution is -2.19. The smallest absolute Gasteiger partial charge is 0.346 e. The van der Waals surface area contributed by atoms with E-state index in [0.29, 0.717) is 49.9 Å². The average molecular weight is 418 g/mol. The van der Waals surface area contributed by atoms with Gasteiger partial charge in [-0.1, -0.05) is 30.3 Å². The van der Waals surface area contributed by atoms with E-state index in [2.05, 4.69) is 0 Å². The molecule has 7 heteroatoms. The van der Waals surface area contributed by atoms with Crippen LogP contribution in [0, 0.1) is 5.92 Å². The first-order chi connectivity index (χ1) is 14.7. The normalized spacial score (nSPS) is 14.6. The van der Waals surface area contributed by atoms with Crippen molar-refractivity contribution >= 4 is 0 Å². The Kier molecular flexibility index (Phi) is 8.30. The Hall–Kier alpha value is -2.35. The SMILES string of the molecule is COCCOCCc1c(OCCOC)oc(=O)c(C(c2ccccc2)C2CC2)c1O. The molecule has 1 aromatic carbocycles. The van der Waals surface area contributed by atoms with Crippen molar-refractivity contribution in [1.29, 1.82) is 0 Å². The number of hydrogen-bond acceptors (Lipinski definition) is 7. The molecule has 1 atom stereocenters. The topological polar surface area (TPSA) is 87.4 Å². The summed E-state index contributed by atoms with van der Waals surface area (Å²) in [7, 11) is 3.17. The number of benzene rings is 1. The van der Waals surface area contributed by atoms with Crippen LogP contribution in [0.1, 0.15) is 35.4 Å². The predicted molar refractivity (Wildman–Crippen MR) is 111 cm³/mol. The van der Waals surface area contributed by atoms with Gasteiger partial charge in [0.2, 0.25) is 0 Å². The van der Waals surface area contributed by atoms with Gasteiger partial charge in [0, 0.05) is 26.6 Å². The highest BCUT2D eigenvalue weighted by molar-refractivity contribution is 5.48. The van der Waals surface area contributed by atoms with Crippen molar-refractivity contribution in [3.05, 3.63) is 57.4 Å². The fraction of sp³-hybridized carbons (Fsp3) is 0.522. The van der Waals surface area contributed by atoms with E-state index in [-0.39, 0.29) is 24.2 Å². The highest BCUT2D eigenvalue weighted by atomic mass is 16.6. The van der Waals surface area contributed by atoms with Gasteiger partial charge in [-0.05, 0) is 24.3 Å². The molecule has 0 spiro atoms. The summed E-state index contributed by atoms with van der Waals surface area (Å²) >= 11 is 0. The molecule has 1 fully saturated rings. The Morgan fingerprint density at radius 3 is 2.40 bits per heavy atom. The molecule has 1 aliphatic carbocycles. The first kappa shape index (κ1) is 22.3. The van der Waals surface area contributed by atoms with Gasteiger partial charge in [0.15, 0.2) is 0 Å². The molecule has 1 heterocycles. The van der Waals surface area contributed by atoms with Crippen LogP contribution in [0.5, 0.6) is 11.7 Å². The third kappa shape index (κ3) is 5.62. The minimum Gasteiger partial charge on any atom is -0.507 e. The van der Waals surface area contributed by atoms with E-state index in [1.54, 1.807) is 14.2 Å². The van der Waals surface area contributed by atoms with E-state index in [4.69, 9.17) is 23.4 Å². The second kappa shape index (κ2) is 11.2. The molecule has 1 aromatic heterocycles. The summed E-state index contributed by atoms with van der Waals surface area (Å²) in [5.41, 5.74) is 1.18. The molecule has 1 saturated carbocycles. The van der Waals surface area contributed by atoms with E-state index < -0.39 is 5.63 Å². The summed E-state index contributed by atoms with van der Waals surface area (Å²) in [6.45, 7) is 1.81. The molecule has 0 bridgehead atoms. The average Bonchev–Trinajstić information content (AvgIpc) is 3.58. The summed E-state index contributed by atoms with van der Waals surface area (Å²) in [6.07, 6.45) is 2.38. The molecule has 0 radical (unpaired) electrons. The molecule has 1 unspecified atom stereocenters. The van der Waals surface area contributed by atoms with Gasteiger partial charge in [-0.3, -0.25) is 0 Å². The molecule has 0 amide bonds. The Morgan fingerprint density at radius 1 is 1.03 bits per heavy atom. The minimum atomic E-state index is -0.565. The molecule has 3 rings (SSSR count). The monoisotopic (exact) mass is 418 g/mol. The van der Waals surface area contributed by atoms with Crippen LogP contribution in [0.15, 0.2) is 39.5 Å². The van der Waals surface area contributed by atoms with Crippen LogP contribution in [-0.2, 0) is 20.6 Å². The Balaban J connectivity index is 1.94. The first-order valence-electron chi connectivity index (χ1n) is 10.3. The highest BCUT2D eigenvalue weighted by Gasteiger charge is 2.38. The van der Waals surface area contributed by atoms with Crippen molar-refractivity contribution in [2.45, 2.75) is 25.2 Å². The van der Waals surface area contributed by atoms with Gasteiger partial charge in [0.25, 0.3) is 5.95 Å². The van der Waals surface area contributed by atoms with E-state index in [1.807, 2.05) is 30.3 Å². The van der Waals surface area contributed by atoms with E-state index >= 15 is 0 Å². The van der Waals surface area contributed by atoms with Gasteiger partial charge in [-0.15, -0.1) is 0 Å². The lowest BCUT2D eigenvalue weighted by Gasteiger charge is -2.20. The van der Waals surface area contributed by atoms with Crippen LogP contribution >= 0.6 is 0 Å². The molecule has 30 heavy (non-hydrogen) atoms. The molecule has 0 aliphatic heterocycles. The number of methoxy groups -OCH3 is 2. The predicted octanol–water partition coefficient (Wildman–Crippen LogP) is 3.12. The van der Waals surface area contributed by atoms with Crippen molar-refractivity contribution in [2.24, 2.45) is 5.92 Å². The van der Waals surface area contributed by atoms with Gasteiger partial charge >= 0.3 is 5.63 Å². The van der Waals surface area contributed by atoms with Crippen molar-refractivity contribution in [3.63, 3.8) is 0 Å². The van der Waals surface area contributed by atoms with Crippen molar-refractivity contribution < 1.29 is 28.5 Å². The molecular formula is C23H30O7. The first-order valence-corrected chi connectivity index (χ1v) is 10.3. The summed E-state index contributed by atoms with van der Waals surface area (Å²) < 4.78 is 26.7. The molecule has 0 saturated heterocycles. The van der Waals surface area contributed by atoms with Gasteiger partial charge < -0.3 is 28.5 Å². The van der Waals surface area contributed by atoms with E-state index in [1.165, 1.54) is 0 Å². The Bertz CT molecular complexity index is 843. The largest absolute Gasteiger partial charge is 0.507 e. The number of rotatable bonds is 13. The number of hydrogen-bond donors (Lipinski definition) is 1. The Morgan fingerprint density at radius 2 is 1.73 bits per heavy atom. The molecule has 1 aliphatic rings. The summed E-state index contributed by atoms with van der Waals surface area (Å²) in [5.74, 6) is 0.0712. The maximum atomic E-state index is 12.9. The van der Waals surface area contributed by atoms with Gasteiger partial charge in [0.05, 0.1) is 37.6 Å². The lowest BCUT2D eigenvalue weighted by molar-refractivity contribution is 0.0709. The van der Waals surface area contributed by atoms with E-state index in [0.717, 1.165) is 18.4 Å². The third-order valence-corrected chi connectivity index (χ3v) is 5.20. The van der Waals surface area contributed by atoms with Crippen molar-refractivity contribution in [1.82, 2.24) is 0 Å². The fourth-order valence-electron chi connectivity index (χ4n) is 3.57. The van der Waals surface area contributed by atoms with Crippen LogP contribution in [-0.4, -0.2) is 52.4 Å². The maximum Gasteiger partial charge on any atom is 0.346 e. The van der Waals surface area contributed by atoms with Gasteiger partial charge in [-0.2, -0.15) is 0 Å². The summed E-state index contributed by atoms with van der Waals surface area (Å²) in [4.78, 5) is 12.9. The summed E-state index contributed by atoms with van der Waals surface area (Å²) in [6, 6.07) is 9.79.